The molecule has 1 heterocycles. The molecule has 2 atom stereocenters. The third kappa shape index (κ3) is 3.36. The summed E-state index contributed by atoms with van der Waals surface area (Å²) < 4.78 is 0. The van der Waals surface area contributed by atoms with E-state index in [1.54, 1.807) is 0 Å². The Morgan fingerprint density at radius 1 is 1.13 bits per heavy atom. The Kier molecular flexibility index (Phi) is 5.03. The van der Waals surface area contributed by atoms with Gasteiger partial charge in [-0.1, -0.05) is 58.9 Å². The van der Waals surface area contributed by atoms with E-state index in [9.17, 15) is 9.59 Å². The molecule has 0 aliphatic carbocycles. The van der Waals surface area contributed by atoms with E-state index in [0.29, 0.717) is 18.0 Å². The fraction of sp³-hybridized carbons (Fsp3) is 0.579. The van der Waals surface area contributed by atoms with E-state index in [1.807, 2.05) is 38.1 Å². The molecule has 23 heavy (non-hydrogen) atoms. The van der Waals surface area contributed by atoms with Crippen LogP contribution in [-0.2, 0) is 9.59 Å². The van der Waals surface area contributed by atoms with Crippen molar-refractivity contribution in [2.45, 2.75) is 59.1 Å². The molecular weight excluding hydrogens is 285 g/mol. The Balaban J connectivity index is 2.23. The first-order chi connectivity index (χ1) is 10.7. The Morgan fingerprint density at radius 2 is 1.70 bits per heavy atom. The smallest absolute Gasteiger partial charge is 0.237 e. The van der Waals surface area contributed by atoms with Gasteiger partial charge in [-0.3, -0.25) is 14.5 Å². The molecule has 1 fully saturated rings. The molecule has 0 aromatic heterocycles. The summed E-state index contributed by atoms with van der Waals surface area (Å²) in [5.41, 5.74) is 1.91. The maximum Gasteiger partial charge on any atom is 0.237 e. The summed E-state index contributed by atoms with van der Waals surface area (Å²) in [6.45, 7) is 12.7. The van der Waals surface area contributed by atoms with E-state index in [4.69, 9.17) is 0 Å². The molecule has 3 nitrogen and oxygen atoms in total. The zero-order chi connectivity index (χ0) is 17.4. The van der Waals surface area contributed by atoms with Gasteiger partial charge in [-0.15, -0.1) is 0 Å². The maximum absolute atomic E-state index is 12.5. The highest BCUT2D eigenvalue weighted by Crippen LogP contribution is 2.41. The maximum atomic E-state index is 12.5. The third-order valence-electron chi connectivity index (χ3n) is 5.50. The molecule has 1 saturated heterocycles. The molecule has 2 unspecified atom stereocenters. The number of imide groups is 1. The van der Waals surface area contributed by atoms with Gasteiger partial charge in [0.15, 0.2) is 0 Å². The van der Waals surface area contributed by atoms with E-state index >= 15 is 0 Å². The van der Waals surface area contributed by atoms with Gasteiger partial charge < -0.3 is 0 Å². The predicted octanol–water partition coefficient (Wildman–Crippen LogP) is 4.28. The lowest BCUT2D eigenvalue weighted by Gasteiger charge is -2.31. The molecule has 1 aromatic carbocycles. The molecule has 1 aliphatic rings. The summed E-state index contributed by atoms with van der Waals surface area (Å²) in [4.78, 5) is 26.1. The molecule has 0 saturated carbocycles. The standard InChI is InChI=1S/C19H27BNO2/c1-12(2)16-11-17(22)21(18(16)23)15-9-7-14(8-10-15)13(3)19(4,5)20-6/h7-10,12-13,16H,11H2,1-6H3. The molecule has 1 radical (unpaired) electrons. The SMILES string of the molecule is C[B]C(C)(C)C(C)c1ccc(N2C(=O)CC(C(C)C)C2=O)cc1. The lowest BCUT2D eigenvalue weighted by atomic mass is 9.50. The van der Waals surface area contributed by atoms with E-state index in [2.05, 4.69) is 34.9 Å². The summed E-state index contributed by atoms with van der Waals surface area (Å²) in [7, 11) is 2.21. The van der Waals surface area contributed by atoms with Crippen LogP contribution in [0.3, 0.4) is 0 Å². The number of benzene rings is 1. The minimum absolute atomic E-state index is 0.0620. The number of hydrogen-bond acceptors (Lipinski definition) is 2. The van der Waals surface area contributed by atoms with Gasteiger partial charge in [0.1, 0.15) is 7.28 Å². The second-order valence-electron chi connectivity index (χ2n) is 7.55. The zero-order valence-corrected chi connectivity index (χ0v) is 15.1. The first-order valence-electron chi connectivity index (χ1n) is 8.46. The molecule has 123 valence electrons. The molecule has 1 aliphatic heterocycles. The van der Waals surface area contributed by atoms with Crippen LogP contribution in [0.5, 0.6) is 0 Å². The molecule has 2 rings (SSSR count). The first-order valence-corrected chi connectivity index (χ1v) is 8.46. The number of amides is 2. The second kappa shape index (κ2) is 6.50. The summed E-state index contributed by atoms with van der Waals surface area (Å²) in [6.07, 6.45) is 0.326. The van der Waals surface area contributed by atoms with E-state index in [1.165, 1.54) is 10.5 Å². The van der Waals surface area contributed by atoms with Crippen molar-refractivity contribution in [3.63, 3.8) is 0 Å². The van der Waals surface area contributed by atoms with Crippen molar-refractivity contribution in [2.24, 2.45) is 11.8 Å². The summed E-state index contributed by atoms with van der Waals surface area (Å²) in [5, 5.41) is 0.101. The number of anilines is 1. The van der Waals surface area contributed by atoms with Crippen molar-refractivity contribution in [1.29, 1.82) is 0 Å². The van der Waals surface area contributed by atoms with E-state index in [0.717, 1.165) is 0 Å². The largest absolute Gasteiger partial charge is 0.274 e. The van der Waals surface area contributed by atoms with Gasteiger partial charge in [0.05, 0.1) is 11.6 Å². The number of carbonyl (C=O) groups is 2. The van der Waals surface area contributed by atoms with Gasteiger partial charge in [0.25, 0.3) is 0 Å². The Hall–Kier alpha value is -1.58. The van der Waals surface area contributed by atoms with Crippen molar-refractivity contribution >= 4 is 24.8 Å². The van der Waals surface area contributed by atoms with Crippen LogP contribution in [-0.4, -0.2) is 19.1 Å². The summed E-state index contributed by atoms with van der Waals surface area (Å²) in [6, 6.07) is 7.87. The molecule has 2 amide bonds. The minimum atomic E-state index is -0.185. The number of rotatable bonds is 5. The van der Waals surface area contributed by atoms with Gasteiger partial charge in [-0.05, 0) is 29.5 Å². The van der Waals surface area contributed by atoms with Crippen LogP contribution >= 0.6 is 0 Å². The highest BCUT2D eigenvalue weighted by Gasteiger charge is 2.40. The van der Waals surface area contributed by atoms with E-state index in [-0.39, 0.29) is 29.0 Å². The van der Waals surface area contributed by atoms with Crippen LogP contribution in [0.15, 0.2) is 24.3 Å². The van der Waals surface area contributed by atoms with Gasteiger partial charge in [0.2, 0.25) is 11.8 Å². The lowest BCUT2D eigenvalue weighted by molar-refractivity contribution is -0.122. The van der Waals surface area contributed by atoms with Crippen molar-refractivity contribution in [1.82, 2.24) is 0 Å². The predicted molar refractivity (Wildman–Crippen MR) is 96.0 cm³/mol. The van der Waals surface area contributed by atoms with Gasteiger partial charge in [0, 0.05) is 6.42 Å². The third-order valence-corrected chi connectivity index (χ3v) is 5.50. The minimum Gasteiger partial charge on any atom is -0.274 e. The number of nitrogens with zero attached hydrogens (tertiary/aromatic N) is 1. The summed E-state index contributed by atoms with van der Waals surface area (Å²) in [5.74, 6) is 0.228. The Morgan fingerprint density at radius 3 is 2.13 bits per heavy atom. The highest BCUT2D eigenvalue weighted by atomic mass is 16.2. The fourth-order valence-electron chi connectivity index (χ4n) is 3.04. The first kappa shape index (κ1) is 17.8. The molecule has 0 bridgehead atoms. The molecule has 4 heteroatoms. The normalized spacial score (nSPS) is 20.3. The van der Waals surface area contributed by atoms with E-state index < -0.39 is 0 Å². The second-order valence-corrected chi connectivity index (χ2v) is 7.55. The monoisotopic (exact) mass is 312 g/mol. The van der Waals surface area contributed by atoms with Crippen LogP contribution in [0, 0.1) is 11.8 Å². The molecular formula is C19H27BNO2. The lowest BCUT2D eigenvalue weighted by Crippen LogP contribution is -2.31. The number of hydrogen-bond donors (Lipinski definition) is 0. The van der Waals surface area contributed by atoms with Crippen LogP contribution < -0.4 is 4.90 Å². The topological polar surface area (TPSA) is 37.4 Å². The van der Waals surface area contributed by atoms with Crippen LogP contribution in [0.25, 0.3) is 0 Å². The molecule has 0 N–H and O–H groups in total. The number of carbonyl (C=O) groups excluding carboxylic acids is 2. The van der Waals surface area contributed by atoms with Gasteiger partial charge >= 0.3 is 0 Å². The Labute approximate surface area is 140 Å². The van der Waals surface area contributed by atoms with Crippen molar-refractivity contribution < 1.29 is 9.59 Å². The van der Waals surface area contributed by atoms with Crippen molar-refractivity contribution in [3.05, 3.63) is 29.8 Å². The average Bonchev–Trinajstić information content (AvgIpc) is 2.82. The Bertz CT molecular complexity index is 592. The van der Waals surface area contributed by atoms with Crippen molar-refractivity contribution in [3.8, 4) is 0 Å². The summed E-state index contributed by atoms with van der Waals surface area (Å²) >= 11 is 0. The van der Waals surface area contributed by atoms with Crippen molar-refractivity contribution in [2.75, 3.05) is 4.90 Å². The van der Waals surface area contributed by atoms with Crippen LogP contribution in [0.4, 0.5) is 5.69 Å². The molecule has 0 spiro atoms. The quantitative estimate of drug-likeness (QED) is 0.601. The average molecular weight is 312 g/mol. The zero-order valence-electron chi connectivity index (χ0n) is 15.1. The van der Waals surface area contributed by atoms with Crippen LogP contribution in [0.2, 0.25) is 12.1 Å². The van der Waals surface area contributed by atoms with Gasteiger partial charge in [-0.25, -0.2) is 0 Å². The molecule has 1 aromatic rings. The fourth-order valence-corrected chi connectivity index (χ4v) is 3.04. The van der Waals surface area contributed by atoms with Crippen LogP contribution in [0.1, 0.15) is 52.5 Å². The van der Waals surface area contributed by atoms with Gasteiger partial charge in [-0.2, -0.15) is 0 Å². The highest BCUT2D eigenvalue weighted by molar-refractivity contribution is 6.38.